The summed E-state index contributed by atoms with van der Waals surface area (Å²) in [4.78, 5) is 18.9. The van der Waals surface area contributed by atoms with E-state index >= 15 is 0 Å². The van der Waals surface area contributed by atoms with Gasteiger partial charge < -0.3 is 5.32 Å². The minimum atomic E-state index is -0.358. The molecule has 0 bridgehead atoms. The normalized spacial score (nSPS) is 11.4. The molecule has 0 fully saturated rings. The molecule has 2 aromatic heterocycles. The molecule has 0 aliphatic carbocycles. The van der Waals surface area contributed by atoms with Gasteiger partial charge in [0.15, 0.2) is 11.0 Å². The van der Waals surface area contributed by atoms with E-state index in [1.165, 1.54) is 27.3 Å². The van der Waals surface area contributed by atoms with Crippen LogP contribution < -0.4 is 10.6 Å². The first-order valence-electron chi connectivity index (χ1n) is 8.60. The monoisotopic (exact) mass is 385 g/mol. The second kappa shape index (κ2) is 7.43. The van der Waals surface area contributed by atoms with E-state index in [1.807, 2.05) is 20.8 Å². The average molecular weight is 385 g/mol. The molecule has 3 aromatic rings. The van der Waals surface area contributed by atoms with Crippen molar-refractivity contribution in [3.63, 3.8) is 0 Å². The minimum Gasteiger partial charge on any atom is -0.330 e. The van der Waals surface area contributed by atoms with Crippen LogP contribution in [0.15, 0.2) is 24.4 Å². The summed E-state index contributed by atoms with van der Waals surface area (Å²) in [5.41, 5.74) is 3.27. The van der Waals surface area contributed by atoms with Crippen LogP contribution in [0.1, 0.15) is 37.7 Å². The van der Waals surface area contributed by atoms with Gasteiger partial charge in [-0.1, -0.05) is 35.1 Å². The van der Waals surface area contributed by atoms with Gasteiger partial charge in [0.2, 0.25) is 0 Å². The first-order valence-corrected chi connectivity index (χ1v) is 9.42. The van der Waals surface area contributed by atoms with Gasteiger partial charge in [0.25, 0.3) is 0 Å². The molecule has 1 aromatic carbocycles. The topological polar surface area (TPSA) is 97.6 Å². The number of rotatable bonds is 4. The number of urea groups is 1. The average Bonchev–Trinajstić information content (AvgIpc) is 3.22. The number of aromatic nitrogens is 5. The summed E-state index contributed by atoms with van der Waals surface area (Å²) in [6, 6.07) is 5.92. The van der Waals surface area contributed by atoms with Gasteiger partial charge in [-0.25, -0.2) is 9.78 Å². The maximum atomic E-state index is 12.1. The smallest absolute Gasteiger partial charge is 0.321 e. The molecule has 142 valence electrons. The third kappa shape index (κ3) is 4.68. The molecule has 0 radical (unpaired) electrons. The molecule has 0 unspecified atom stereocenters. The van der Waals surface area contributed by atoms with E-state index in [0.29, 0.717) is 11.0 Å². The highest BCUT2D eigenvalue weighted by molar-refractivity contribution is 7.19. The fourth-order valence-electron chi connectivity index (χ4n) is 2.45. The largest absolute Gasteiger partial charge is 0.330 e. The van der Waals surface area contributed by atoms with Crippen LogP contribution >= 0.6 is 11.3 Å². The van der Waals surface area contributed by atoms with Crippen LogP contribution in [0.2, 0.25) is 0 Å². The Bertz CT molecular complexity index is 955. The number of amides is 2. The summed E-state index contributed by atoms with van der Waals surface area (Å²) in [7, 11) is 0. The zero-order chi connectivity index (χ0) is 19.6. The van der Waals surface area contributed by atoms with Crippen LogP contribution in [-0.4, -0.2) is 31.2 Å². The van der Waals surface area contributed by atoms with Crippen molar-refractivity contribution >= 4 is 22.5 Å². The summed E-state index contributed by atoms with van der Waals surface area (Å²) in [6.45, 7) is 10.3. The zero-order valence-corrected chi connectivity index (χ0v) is 16.9. The Morgan fingerprint density at radius 1 is 1.26 bits per heavy atom. The standard InChI is InChI=1S/C18H23N7OS/c1-11-6-7-13(12(2)8-11)14-9-20-17(27-14)21-16(26)19-10-15-22-24-25(23-15)18(3,4)5/h6-9H,10H2,1-5H3,(H2,19,20,21,26). The number of benzene rings is 1. The second-order valence-electron chi connectivity index (χ2n) is 7.32. The molecular formula is C18H23N7OS. The van der Waals surface area contributed by atoms with Crippen LogP contribution in [0.4, 0.5) is 9.93 Å². The number of carbonyl (C=O) groups is 1. The fraction of sp³-hybridized carbons (Fsp3) is 0.389. The minimum absolute atomic E-state index is 0.192. The Hall–Kier alpha value is -2.81. The summed E-state index contributed by atoms with van der Waals surface area (Å²) >= 11 is 1.43. The van der Waals surface area contributed by atoms with Gasteiger partial charge in [-0.3, -0.25) is 5.32 Å². The van der Waals surface area contributed by atoms with Crippen LogP contribution in [-0.2, 0) is 12.1 Å². The number of hydrogen-bond acceptors (Lipinski definition) is 6. The Labute approximate surface area is 162 Å². The summed E-state index contributed by atoms with van der Waals surface area (Å²) in [5, 5.41) is 18.2. The maximum absolute atomic E-state index is 12.1. The molecule has 0 aliphatic heterocycles. The van der Waals surface area contributed by atoms with E-state index in [-0.39, 0.29) is 18.1 Å². The lowest BCUT2D eigenvalue weighted by atomic mass is 10.1. The molecule has 3 rings (SSSR count). The first kappa shape index (κ1) is 19.0. The van der Waals surface area contributed by atoms with E-state index < -0.39 is 0 Å². The number of anilines is 1. The lowest BCUT2D eigenvalue weighted by Gasteiger charge is -2.15. The van der Waals surface area contributed by atoms with Crippen LogP contribution in [0.25, 0.3) is 10.4 Å². The molecule has 2 amide bonds. The molecule has 2 N–H and O–H groups in total. The third-order valence-corrected chi connectivity index (χ3v) is 4.78. The lowest BCUT2D eigenvalue weighted by molar-refractivity contribution is 0.251. The SMILES string of the molecule is Cc1ccc(-c2cnc(NC(=O)NCc3nnn(C(C)(C)C)n3)s2)c(C)c1. The molecular weight excluding hydrogens is 362 g/mol. The number of nitrogens with one attached hydrogen (secondary N) is 2. The number of nitrogens with zero attached hydrogens (tertiary/aromatic N) is 5. The molecule has 9 heteroatoms. The Balaban J connectivity index is 1.59. The molecule has 0 spiro atoms. The van der Waals surface area contributed by atoms with Crippen molar-refractivity contribution in [2.24, 2.45) is 0 Å². The lowest BCUT2D eigenvalue weighted by Crippen LogP contribution is -2.29. The predicted molar refractivity (Wildman–Crippen MR) is 106 cm³/mol. The van der Waals surface area contributed by atoms with Crippen LogP contribution in [0.5, 0.6) is 0 Å². The molecule has 27 heavy (non-hydrogen) atoms. The Kier molecular flexibility index (Phi) is 5.22. The highest BCUT2D eigenvalue weighted by atomic mass is 32.1. The first-order chi connectivity index (χ1) is 12.7. The number of hydrogen-bond donors (Lipinski definition) is 2. The molecule has 0 saturated carbocycles. The van der Waals surface area contributed by atoms with E-state index in [4.69, 9.17) is 0 Å². The Morgan fingerprint density at radius 2 is 2.04 bits per heavy atom. The molecule has 0 atom stereocenters. The number of thiazole rings is 1. The molecule has 0 saturated heterocycles. The van der Waals surface area contributed by atoms with Crippen molar-refractivity contribution in [3.05, 3.63) is 41.3 Å². The van der Waals surface area contributed by atoms with Crippen molar-refractivity contribution in [1.82, 2.24) is 30.5 Å². The summed E-state index contributed by atoms with van der Waals surface area (Å²) in [5.74, 6) is 0.454. The van der Waals surface area contributed by atoms with Gasteiger partial charge in [-0.2, -0.15) is 4.80 Å². The molecule has 8 nitrogen and oxygen atoms in total. The van der Waals surface area contributed by atoms with Gasteiger partial charge in [-0.15, -0.1) is 10.2 Å². The highest BCUT2D eigenvalue weighted by Gasteiger charge is 2.17. The van der Waals surface area contributed by atoms with E-state index in [1.54, 1.807) is 6.20 Å². The Morgan fingerprint density at radius 3 is 2.70 bits per heavy atom. The second-order valence-corrected chi connectivity index (χ2v) is 8.35. The third-order valence-electron chi connectivity index (χ3n) is 3.84. The molecule has 0 aliphatic rings. The van der Waals surface area contributed by atoms with Gasteiger partial charge in [0.1, 0.15) is 0 Å². The van der Waals surface area contributed by atoms with E-state index in [0.717, 1.165) is 10.4 Å². The van der Waals surface area contributed by atoms with Crippen molar-refractivity contribution in [1.29, 1.82) is 0 Å². The van der Waals surface area contributed by atoms with Crippen molar-refractivity contribution in [2.45, 2.75) is 46.7 Å². The summed E-state index contributed by atoms with van der Waals surface area (Å²) in [6.07, 6.45) is 1.77. The van der Waals surface area contributed by atoms with Gasteiger partial charge in [0, 0.05) is 6.20 Å². The zero-order valence-electron chi connectivity index (χ0n) is 16.1. The number of tetrazole rings is 1. The summed E-state index contributed by atoms with van der Waals surface area (Å²) < 4.78 is 0. The molecule has 2 heterocycles. The van der Waals surface area contributed by atoms with Crippen LogP contribution in [0, 0.1) is 13.8 Å². The van der Waals surface area contributed by atoms with Crippen LogP contribution in [0.3, 0.4) is 0 Å². The van der Waals surface area contributed by atoms with Crippen molar-refractivity contribution in [2.75, 3.05) is 5.32 Å². The number of aryl methyl sites for hydroxylation is 2. The quantitative estimate of drug-likeness (QED) is 0.716. The van der Waals surface area contributed by atoms with E-state index in [2.05, 4.69) is 63.1 Å². The van der Waals surface area contributed by atoms with Gasteiger partial charge in [-0.05, 0) is 51.0 Å². The maximum Gasteiger partial charge on any atom is 0.321 e. The van der Waals surface area contributed by atoms with Crippen molar-refractivity contribution < 1.29 is 4.79 Å². The van der Waals surface area contributed by atoms with E-state index in [9.17, 15) is 4.79 Å². The van der Waals surface area contributed by atoms with Crippen molar-refractivity contribution in [3.8, 4) is 10.4 Å². The van der Waals surface area contributed by atoms with Gasteiger partial charge >= 0.3 is 6.03 Å². The number of carbonyl (C=O) groups excluding carboxylic acids is 1. The highest BCUT2D eigenvalue weighted by Crippen LogP contribution is 2.31. The fourth-order valence-corrected chi connectivity index (χ4v) is 3.35. The van der Waals surface area contributed by atoms with Gasteiger partial charge in [0.05, 0.1) is 17.0 Å². The predicted octanol–water partition coefficient (Wildman–Crippen LogP) is 3.49.